The Morgan fingerprint density at radius 3 is 2.46 bits per heavy atom. The lowest BCUT2D eigenvalue weighted by atomic mass is 10.0. The van der Waals surface area contributed by atoms with Gasteiger partial charge in [-0.05, 0) is 39.0 Å². The molecule has 0 spiro atoms. The van der Waals surface area contributed by atoms with Gasteiger partial charge >= 0.3 is 0 Å². The fourth-order valence-corrected chi connectivity index (χ4v) is 1.78. The van der Waals surface area contributed by atoms with E-state index in [1.165, 1.54) is 25.7 Å². The van der Waals surface area contributed by atoms with Gasteiger partial charge in [0.2, 0.25) is 0 Å². The molecule has 2 N–H and O–H groups in total. The predicted octanol–water partition coefficient (Wildman–Crippen LogP) is 1.93. The zero-order valence-corrected chi connectivity index (χ0v) is 9.14. The molecule has 0 aliphatic heterocycles. The van der Waals surface area contributed by atoms with Gasteiger partial charge < -0.3 is 10.4 Å². The summed E-state index contributed by atoms with van der Waals surface area (Å²) in [5, 5.41) is 12.7. The fourth-order valence-electron chi connectivity index (χ4n) is 1.78. The van der Waals surface area contributed by atoms with Crippen molar-refractivity contribution in [1.82, 2.24) is 5.32 Å². The van der Waals surface area contributed by atoms with Gasteiger partial charge in [-0.1, -0.05) is 13.3 Å². The van der Waals surface area contributed by atoms with E-state index in [1.807, 2.05) is 0 Å². The maximum atomic E-state index is 9.15. The van der Waals surface area contributed by atoms with E-state index in [0.29, 0.717) is 6.04 Å². The van der Waals surface area contributed by atoms with Crippen LogP contribution in [0.5, 0.6) is 0 Å². The van der Waals surface area contributed by atoms with Crippen molar-refractivity contribution in [2.75, 3.05) is 6.61 Å². The van der Waals surface area contributed by atoms with Gasteiger partial charge in [-0.2, -0.15) is 0 Å². The van der Waals surface area contributed by atoms with Crippen molar-refractivity contribution in [3.8, 4) is 0 Å². The summed E-state index contributed by atoms with van der Waals surface area (Å²) >= 11 is 0. The Balaban J connectivity index is 2.36. The summed E-state index contributed by atoms with van der Waals surface area (Å²) in [7, 11) is 0. The van der Waals surface area contributed by atoms with Crippen LogP contribution in [0.1, 0.15) is 46.5 Å². The molecule has 13 heavy (non-hydrogen) atoms. The Bertz CT molecular complexity index is 152. The molecule has 0 bridgehead atoms. The first-order valence-corrected chi connectivity index (χ1v) is 5.47. The highest BCUT2D eigenvalue weighted by Crippen LogP contribution is 2.35. The maximum absolute atomic E-state index is 9.15. The second-order valence-corrected chi connectivity index (χ2v) is 4.92. The van der Waals surface area contributed by atoms with Gasteiger partial charge in [-0.25, -0.2) is 0 Å². The average molecular weight is 185 g/mol. The molecule has 1 atom stereocenters. The van der Waals surface area contributed by atoms with E-state index in [0.717, 1.165) is 5.92 Å². The number of hydrogen-bond donors (Lipinski definition) is 2. The molecule has 0 radical (unpaired) electrons. The lowest BCUT2D eigenvalue weighted by molar-refractivity contribution is 0.167. The smallest absolute Gasteiger partial charge is 0.0607 e. The molecule has 0 aromatic carbocycles. The third kappa shape index (κ3) is 3.65. The summed E-state index contributed by atoms with van der Waals surface area (Å²) in [5.41, 5.74) is -0.109. The van der Waals surface area contributed by atoms with Crippen LogP contribution in [0, 0.1) is 5.92 Å². The van der Waals surface area contributed by atoms with Gasteiger partial charge in [0.05, 0.1) is 6.61 Å². The molecule has 1 fully saturated rings. The fraction of sp³-hybridized carbons (Fsp3) is 1.00. The van der Waals surface area contributed by atoms with Gasteiger partial charge in [0.1, 0.15) is 0 Å². The molecule has 1 saturated carbocycles. The Kier molecular flexibility index (Phi) is 3.74. The van der Waals surface area contributed by atoms with Crippen molar-refractivity contribution in [2.45, 2.75) is 58.0 Å². The van der Waals surface area contributed by atoms with E-state index in [2.05, 4.69) is 26.1 Å². The van der Waals surface area contributed by atoms with Crippen molar-refractivity contribution in [1.29, 1.82) is 0 Å². The van der Waals surface area contributed by atoms with Crippen LogP contribution in [-0.4, -0.2) is 23.3 Å². The molecular formula is C11H23NO. The first-order valence-electron chi connectivity index (χ1n) is 5.47. The summed E-state index contributed by atoms with van der Waals surface area (Å²) in [6.07, 6.45) is 5.22. The molecule has 1 unspecified atom stereocenters. The molecule has 2 heteroatoms. The van der Waals surface area contributed by atoms with Gasteiger partial charge in [-0.3, -0.25) is 0 Å². The number of aliphatic hydroxyl groups excluding tert-OH is 1. The SMILES string of the molecule is CCCC(NC(C)(C)CO)C1CC1. The summed E-state index contributed by atoms with van der Waals surface area (Å²) in [6.45, 7) is 6.58. The Hall–Kier alpha value is -0.0800. The van der Waals surface area contributed by atoms with Crippen LogP contribution in [0.3, 0.4) is 0 Å². The van der Waals surface area contributed by atoms with Crippen molar-refractivity contribution in [3.63, 3.8) is 0 Å². The largest absolute Gasteiger partial charge is 0.394 e. The van der Waals surface area contributed by atoms with Crippen LogP contribution in [0.15, 0.2) is 0 Å². The predicted molar refractivity (Wildman–Crippen MR) is 55.7 cm³/mol. The van der Waals surface area contributed by atoms with Gasteiger partial charge in [0, 0.05) is 11.6 Å². The summed E-state index contributed by atoms with van der Waals surface area (Å²) in [6, 6.07) is 0.632. The topological polar surface area (TPSA) is 32.3 Å². The third-order valence-corrected chi connectivity index (χ3v) is 2.76. The molecule has 0 aromatic heterocycles. The molecule has 1 aliphatic rings. The quantitative estimate of drug-likeness (QED) is 0.662. The van der Waals surface area contributed by atoms with Crippen LogP contribution in [0.25, 0.3) is 0 Å². The molecule has 1 rings (SSSR count). The Morgan fingerprint density at radius 2 is 2.08 bits per heavy atom. The molecule has 0 aromatic rings. The van der Waals surface area contributed by atoms with Crippen LogP contribution < -0.4 is 5.32 Å². The first-order chi connectivity index (χ1) is 6.09. The summed E-state index contributed by atoms with van der Waals surface area (Å²) in [4.78, 5) is 0. The third-order valence-electron chi connectivity index (χ3n) is 2.76. The summed E-state index contributed by atoms with van der Waals surface area (Å²) in [5.74, 6) is 0.880. The molecule has 0 amide bonds. The Morgan fingerprint density at radius 1 is 1.46 bits per heavy atom. The van der Waals surface area contributed by atoms with Crippen molar-refractivity contribution in [2.24, 2.45) is 5.92 Å². The van der Waals surface area contributed by atoms with Crippen LogP contribution >= 0.6 is 0 Å². The van der Waals surface area contributed by atoms with E-state index < -0.39 is 0 Å². The normalized spacial score (nSPS) is 20.3. The zero-order valence-electron chi connectivity index (χ0n) is 9.14. The van der Waals surface area contributed by atoms with Crippen LogP contribution in [0.4, 0.5) is 0 Å². The second-order valence-electron chi connectivity index (χ2n) is 4.92. The minimum Gasteiger partial charge on any atom is -0.394 e. The maximum Gasteiger partial charge on any atom is 0.0607 e. The average Bonchev–Trinajstić information content (AvgIpc) is 2.86. The minimum absolute atomic E-state index is 0.109. The van der Waals surface area contributed by atoms with Crippen molar-refractivity contribution >= 4 is 0 Å². The van der Waals surface area contributed by atoms with Crippen molar-refractivity contribution < 1.29 is 5.11 Å². The molecular weight excluding hydrogens is 162 g/mol. The second kappa shape index (κ2) is 4.43. The van der Waals surface area contributed by atoms with Crippen LogP contribution in [-0.2, 0) is 0 Å². The van der Waals surface area contributed by atoms with Gasteiger partial charge in [-0.15, -0.1) is 0 Å². The number of nitrogens with one attached hydrogen (secondary N) is 1. The zero-order chi connectivity index (χ0) is 9.90. The number of aliphatic hydroxyl groups is 1. The lowest BCUT2D eigenvalue weighted by Gasteiger charge is -2.30. The molecule has 2 nitrogen and oxygen atoms in total. The highest BCUT2D eigenvalue weighted by Gasteiger charge is 2.33. The van der Waals surface area contributed by atoms with E-state index in [1.54, 1.807) is 0 Å². The molecule has 1 aliphatic carbocycles. The summed E-state index contributed by atoms with van der Waals surface area (Å²) < 4.78 is 0. The van der Waals surface area contributed by atoms with E-state index in [-0.39, 0.29) is 12.1 Å². The molecule has 0 saturated heterocycles. The van der Waals surface area contributed by atoms with E-state index >= 15 is 0 Å². The Labute approximate surface area is 81.7 Å². The van der Waals surface area contributed by atoms with E-state index in [4.69, 9.17) is 5.11 Å². The lowest BCUT2D eigenvalue weighted by Crippen LogP contribution is -2.49. The van der Waals surface area contributed by atoms with E-state index in [9.17, 15) is 0 Å². The highest BCUT2D eigenvalue weighted by atomic mass is 16.3. The molecule has 78 valence electrons. The molecule has 0 heterocycles. The monoisotopic (exact) mass is 185 g/mol. The minimum atomic E-state index is -0.109. The number of rotatable bonds is 6. The van der Waals surface area contributed by atoms with Crippen LogP contribution in [0.2, 0.25) is 0 Å². The standard InChI is InChI=1S/C11H23NO/c1-4-5-10(9-6-7-9)12-11(2,3)8-13/h9-10,12-13H,4-8H2,1-3H3. The number of hydrogen-bond acceptors (Lipinski definition) is 2. The first kappa shape index (κ1) is 11.0. The highest BCUT2D eigenvalue weighted by molar-refractivity contribution is 4.91. The van der Waals surface area contributed by atoms with Gasteiger partial charge in [0.15, 0.2) is 0 Å². The van der Waals surface area contributed by atoms with Gasteiger partial charge in [0.25, 0.3) is 0 Å². The van der Waals surface area contributed by atoms with Crippen molar-refractivity contribution in [3.05, 3.63) is 0 Å².